The first-order chi connectivity index (χ1) is 7.40. The molecule has 1 saturated carbocycles. The van der Waals surface area contributed by atoms with E-state index < -0.39 is 0 Å². The Hall–Kier alpha value is -0.870. The van der Waals surface area contributed by atoms with Gasteiger partial charge in [-0.05, 0) is 19.9 Å². The molecule has 0 spiro atoms. The quantitative estimate of drug-likeness (QED) is 0.822. The van der Waals surface area contributed by atoms with Crippen LogP contribution in [0.5, 0.6) is 0 Å². The Labute approximate surface area is 90.0 Å². The van der Waals surface area contributed by atoms with Gasteiger partial charge in [-0.1, -0.05) is 18.0 Å². The van der Waals surface area contributed by atoms with Crippen molar-refractivity contribution in [3.8, 4) is 0 Å². The lowest BCUT2D eigenvalue weighted by molar-refractivity contribution is -0.0122. The molecular formula is C11H18N2O2. The summed E-state index contributed by atoms with van der Waals surface area (Å²) in [6.07, 6.45) is 6.87. The number of aromatic nitrogens is 1. The third-order valence-corrected chi connectivity index (χ3v) is 3.00. The first kappa shape index (κ1) is 10.6. The lowest BCUT2D eigenvalue weighted by atomic mass is 9.92. The maximum absolute atomic E-state index is 5.83. The van der Waals surface area contributed by atoms with Crippen molar-refractivity contribution < 1.29 is 9.26 Å². The minimum atomic E-state index is 0.314. The molecule has 2 unspecified atom stereocenters. The zero-order valence-corrected chi connectivity index (χ0v) is 9.11. The van der Waals surface area contributed by atoms with Crippen LogP contribution in [0.3, 0.4) is 0 Å². The minimum Gasteiger partial charge on any atom is -0.369 e. The number of nitrogens with zero attached hydrogens (tertiary/aromatic N) is 1. The number of nitrogens with one attached hydrogen (secondary N) is 1. The standard InChI is InChI=1S/C11H18N2O2/c1-12-10-4-2-3-5-11(10)14-8-9-6-7-13-15-9/h6-7,10-12H,2-5,8H2,1H3. The molecule has 0 radical (unpaired) electrons. The van der Waals surface area contributed by atoms with Crippen molar-refractivity contribution in [1.82, 2.24) is 10.5 Å². The average molecular weight is 210 g/mol. The molecule has 1 aliphatic carbocycles. The van der Waals surface area contributed by atoms with Gasteiger partial charge in [0.05, 0.1) is 12.3 Å². The van der Waals surface area contributed by atoms with E-state index in [1.165, 1.54) is 19.3 Å². The first-order valence-electron chi connectivity index (χ1n) is 5.58. The molecule has 4 heteroatoms. The number of ether oxygens (including phenoxy) is 1. The molecule has 1 aromatic heterocycles. The highest BCUT2D eigenvalue weighted by Gasteiger charge is 2.24. The van der Waals surface area contributed by atoms with E-state index in [4.69, 9.17) is 9.26 Å². The van der Waals surface area contributed by atoms with Crippen LogP contribution in [0.1, 0.15) is 31.4 Å². The summed E-state index contributed by atoms with van der Waals surface area (Å²) in [6.45, 7) is 0.531. The summed E-state index contributed by atoms with van der Waals surface area (Å²) in [4.78, 5) is 0. The molecule has 1 aromatic rings. The highest BCUT2D eigenvalue weighted by atomic mass is 16.5. The van der Waals surface area contributed by atoms with E-state index in [1.54, 1.807) is 6.20 Å². The van der Waals surface area contributed by atoms with Gasteiger partial charge >= 0.3 is 0 Å². The molecule has 2 atom stereocenters. The molecule has 0 aliphatic heterocycles. The monoisotopic (exact) mass is 210 g/mol. The highest BCUT2D eigenvalue weighted by molar-refractivity contribution is 4.91. The zero-order valence-electron chi connectivity index (χ0n) is 9.11. The average Bonchev–Trinajstić information content (AvgIpc) is 2.79. The molecule has 1 aliphatic rings. The summed E-state index contributed by atoms with van der Waals surface area (Å²) < 4.78 is 10.8. The predicted molar refractivity (Wildman–Crippen MR) is 56.4 cm³/mol. The van der Waals surface area contributed by atoms with Gasteiger partial charge < -0.3 is 14.6 Å². The van der Waals surface area contributed by atoms with Gasteiger partial charge in [0.1, 0.15) is 6.61 Å². The van der Waals surface area contributed by atoms with E-state index in [9.17, 15) is 0 Å². The lowest BCUT2D eigenvalue weighted by Crippen LogP contribution is -2.41. The van der Waals surface area contributed by atoms with Gasteiger partial charge in [0, 0.05) is 12.1 Å². The summed E-state index contributed by atoms with van der Waals surface area (Å²) in [5.74, 6) is 0.801. The van der Waals surface area contributed by atoms with Crippen LogP contribution in [0.4, 0.5) is 0 Å². The van der Waals surface area contributed by atoms with Crippen LogP contribution in [0.15, 0.2) is 16.8 Å². The van der Waals surface area contributed by atoms with Crippen LogP contribution in [-0.4, -0.2) is 24.4 Å². The van der Waals surface area contributed by atoms with Crippen molar-refractivity contribution in [2.45, 2.75) is 44.4 Å². The summed E-state index contributed by atoms with van der Waals surface area (Å²) in [7, 11) is 2.00. The molecule has 4 nitrogen and oxygen atoms in total. The molecule has 0 saturated heterocycles. The SMILES string of the molecule is CNC1CCCCC1OCc1ccno1. The van der Waals surface area contributed by atoms with Gasteiger partial charge in [-0.15, -0.1) is 0 Å². The van der Waals surface area contributed by atoms with E-state index in [1.807, 2.05) is 13.1 Å². The third-order valence-electron chi connectivity index (χ3n) is 3.00. The van der Waals surface area contributed by atoms with Crippen molar-refractivity contribution in [2.75, 3.05) is 7.05 Å². The van der Waals surface area contributed by atoms with Crippen LogP contribution >= 0.6 is 0 Å². The Morgan fingerprint density at radius 1 is 1.53 bits per heavy atom. The minimum absolute atomic E-state index is 0.314. The second-order valence-corrected chi connectivity index (χ2v) is 4.01. The van der Waals surface area contributed by atoms with Gasteiger partial charge in [0.25, 0.3) is 0 Å². The maximum atomic E-state index is 5.83. The second-order valence-electron chi connectivity index (χ2n) is 4.01. The molecule has 84 valence electrons. The molecule has 0 amide bonds. The van der Waals surface area contributed by atoms with Gasteiger partial charge in [-0.3, -0.25) is 0 Å². The van der Waals surface area contributed by atoms with Crippen LogP contribution in [0.25, 0.3) is 0 Å². The van der Waals surface area contributed by atoms with E-state index in [0.29, 0.717) is 18.8 Å². The van der Waals surface area contributed by atoms with E-state index in [0.717, 1.165) is 12.2 Å². The van der Waals surface area contributed by atoms with Crippen molar-refractivity contribution in [3.63, 3.8) is 0 Å². The zero-order chi connectivity index (χ0) is 10.5. The topological polar surface area (TPSA) is 47.3 Å². The molecule has 1 N–H and O–H groups in total. The van der Waals surface area contributed by atoms with Crippen molar-refractivity contribution >= 4 is 0 Å². The van der Waals surface area contributed by atoms with E-state index in [2.05, 4.69) is 10.5 Å². The predicted octanol–water partition coefficient (Wildman–Crippen LogP) is 1.72. The smallest absolute Gasteiger partial charge is 0.162 e. The maximum Gasteiger partial charge on any atom is 0.162 e. The first-order valence-corrected chi connectivity index (χ1v) is 5.58. The summed E-state index contributed by atoms with van der Waals surface area (Å²) >= 11 is 0. The van der Waals surface area contributed by atoms with Crippen LogP contribution < -0.4 is 5.32 Å². The Morgan fingerprint density at radius 3 is 3.13 bits per heavy atom. The van der Waals surface area contributed by atoms with Crippen molar-refractivity contribution in [2.24, 2.45) is 0 Å². The Kier molecular flexibility index (Phi) is 3.75. The van der Waals surface area contributed by atoms with Gasteiger partial charge in [0.15, 0.2) is 5.76 Å². The largest absolute Gasteiger partial charge is 0.369 e. The number of hydrogen-bond donors (Lipinski definition) is 1. The molecule has 1 heterocycles. The van der Waals surface area contributed by atoms with Crippen molar-refractivity contribution in [1.29, 1.82) is 0 Å². The number of hydrogen-bond acceptors (Lipinski definition) is 4. The van der Waals surface area contributed by atoms with Crippen LogP contribution in [0.2, 0.25) is 0 Å². The fourth-order valence-corrected chi connectivity index (χ4v) is 2.13. The van der Waals surface area contributed by atoms with Crippen LogP contribution in [-0.2, 0) is 11.3 Å². The molecule has 0 bridgehead atoms. The van der Waals surface area contributed by atoms with Crippen molar-refractivity contribution in [3.05, 3.63) is 18.0 Å². The summed E-state index contributed by atoms with van der Waals surface area (Å²) in [5, 5.41) is 6.97. The molecule has 1 fully saturated rings. The molecular weight excluding hydrogens is 192 g/mol. The number of rotatable bonds is 4. The Balaban J connectivity index is 1.81. The fraction of sp³-hybridized carbons (Fsp3) is 0.727. The van der Waals surface area contributed by atoms with E-state index in [-0.39, 0.29) is 0 Å². The lowest BCUT2D eigenvalue weighted by Gasteiger charge is -2.30. The Bertz CT molecular complexity index is 274. The normalized spacial score (nSPS) is 26.7. The molecule has 15 heavy (non-hydrogen) atoms. The summed E-state index contributed by atoms with van der Waals surface area (Å²) in [6, 6.07) is 2.33. The van der Waals surface area contributed by atoms with Gasteiger partial charge in [-0.2, -0.15) is 0 Å². The second kappa shape index (κ2) is 5.28. The van der Waals surface area contributed by atoms with Gasteiger partial charge in [0.2, 0.25) is 0 Å². The van der Waals surface area contributed by atoms with Crippen LogP contribution in [0, 0.1) is 0 Å². The van der Waals surface area contributed by atoms with E-state index >= 15 is 0 Å². The third kappa shape index (κ3) is 2.79. The highest BCUT2D eigenvalue weighted by Crippen LogP contribution is 2.21. The van der Waals surface area contributed by atoms with Gasteiger partial charge in [-0.25, -0.2) is 0 Å². The Morgan fingerprint density at radius 2 is 2.40 bits per heavy atom. The summed E-state index contributed by atoms with van der Waals surface area (Å²) in [5.41, 5.74) is 0. The number of likely N-dealkylation sites (N-methyl/N-ethyl adjacent to an activating group) is 1. The molecule has 0 aromatic carbocycles. The molecule has 2 rings (SSSR count). The fourth-order valence-electron chi connectivity index (χ4n) is 2.13.